The lowest BCUT2D eigenvalue weighted by atomic mass is 10.3. The van der Waals surface area contributed by atoms with Gasteiger partial charge in [-0.1, -0.05) is 11.6 Å². The van der Waals surface area contributed by atoms with Gasteiger partial charge < -0.3 is 10.7 Å². The Kier molecular flexibility index (Phi) is 2.45. The summed E-state index contributed by atoms with van der Waals surface area (Å²) >= 11 is 5.66. The van der Waals surface area contributed by atoms with E-state index in [1.165, 1.54) is 0 Å². The molecule has 3 nitrogen and oxygen atoms in total. The van der Waals surface area contributed by atoms with Gasteiger partial charge in [-0.05, 0) is 12.1 Å². The van der Waals surface area contributed by atoms with Gasteiger partial charge in [-0.3, -0.25) is 0 Å². The minimum atomic E-state index is 0. The zero-order valence-corrected chi connectivity index (χ0v) is 7.62. The molecule has 5 heteroatoms. The van der Waals surface area contributed by atoms with Crippen molar-refractivity contribution in [2.24, 2.45) is 0 Å². The molecule has 64 valence electrons. The lowest BCUT2D eigenvalue weighted by Crippen LogP contribution is -1.80. The van der Waals surface area contributed by atoms with Gasteiger partial charge in [0.05, 0.1) is 5.69 Å². The number of nitrogens with zero attached hydrogens (tertiary/aromatic N) is 1. The van der Waals surface area contributed by atoms with E-state index < -0.39 is 0 Å². The van der Waals surface area contributed by atoms with Crippen molar-refractivity contribution in [1.29, 1.82) is 0 Å². The Balaban J connectivity index is 0.000000720. The average Bonchev–Trinajstić information content (AvgIpc) is 2.32. The Labute approximate surface area is 80.3 Å². The molecule has 12 heavy (non-hydrogen) atoms. The van der Waals surface area contributed by atoms with Crippen molar-refractivity contribution in [2.45, 2.75) is 0 Å². The zero-order chi connectivity index (χ0) is 7.84. The molecule has 0 aliphatic heterocycles. The Morgan fingerprint density at radius 2 is 2.17 bits per heavy atom. The van der Waals surface area contributed by atoms with E-state index >= 15 is 0 Å². The van der Waals surface area contributed by atoms with Crippen molar-refractivity contribution in [3.63, 3.8) is 0 Å². The van der Waals surface area contributed by atoms with Gasteiger partial charge >= 0.3 is 0 Å². The van der Waals surface area contributed by atoms with Crippen LogP contribution < -0.4 is 5.73 Å². The van der Waals surface area contributed by atoms with Crippen LogP contribution in [0.15, 0.2) is 18.3 Å². The summed E-state index contributed by atoms with van der Waals surface area (Å²) in [4.78, 5) is 6.93. The molecule has 0 aromatic carbocycles. The van der Waals surface area contributed by atoms with E-state index in [0.29, 0.717) is 10.8 Å². The van der Waals surface area contributed by atoms with Crippen molar-refractivity contribution in [1.82, 2.24) is 9.97 Å². The SMILES string of the molecule is Cl.Nc1c[nH]c2nc(Cl)ccc12. The van der Waals surface area contributed by atoms with E-state index in [4.69, 9.17) is 17.3 Å². The van der Waals surface area contributed by atoms with Crippen LogP contribution in [0.4, 0.5) is 5.69 Å². The van der Waals surface area contributed by atoms with Crippen molar-refractivity contribution in [3.05, 3.63) is 23.5 Å². The van der Waals surface area contributed by atoms with Crippen LogP contribution in [0.2, 0.25) is 5.15 Å². The highest BCUT2D eigenvalue weighted by Crippen LogP contribution is 2.19. The van der Waals surface area contributed by atoms with E-state index in [1.54, 1.807) is 12.3 Å². The molecule has 0 radical (unpaired) electrons. The van der Waals surface area contributed by atoms with Crippen LogP contribution >= 0.6 is 24.0 Å². The van der Waals surface area contributed by atoms with Crippen molar-refractivity contribution in [3.8, 4) is 0 Å². The summed E-state index contributed by atoms with van der Waals surface area (Å²) in [6.07, 6.45) is 1.70. The summed E-state index contributed by atoms with van der Waals surface area (Å²) in [5.41, 5.74) is 7.04. The number of halogens is 2. The molecule has 0 aliphatic rings. The Morgan fingerprint density at radius 1 is 1.42 bits per heavy atom. The summed E-state index contributed by atoms with van der Waals surface area (Å²) in [6.45, 7) is 0. The van der Waals surface area contributed by atoms with Crippen molar-refractivity contribution >= 4 is 40.7 Å². The third-order valence-corrected chi connectivity index (χ3v) is 1.75. The molecule has 2 heterocycles. The zero-order valence-electron chi connectivity index (χ0n) is 6.04. The van der Waals surface area contributed by atoms with Gasteiger partial charge in [0.1, 0.15) is 10.8 Å². The molecule has 2 rings (SSSR count). The van der Waals surface area contributed by atoms with E-state index in [0.717, 1.165) is 11.0 Å². The second kappa shape index (κ2) is 3.21. The summed E-state index contributed by atoms with van der Waals surface area (Å²) < 4.78 is 0. The van der Waals surface area contributed by atoms with Crippen molar-refractivity contribution < 1.29 is 0 Å². The number of hydrogen-bond donors (Lipinski definition) is 2. The highest BCUT2D eigenvalue weighted by molar-refractivity contribution is 6.29. The fraction of sp³-hybridized carbons (Fsp3) is 0. The van der Waals surface area contributed by atoms with Crippen LogP contribution in [-0.2, 0) is 0 Å². The van der Waals surface area contributed by atoms with Crippen LogP contribution in [0.25, 0.3) is 11.0 Å². The second-order valence-corrected chi connectivity index (χ2v) is 2.66. The highest BCUT2D eigenvalue weighted by atomic mass is 35.5. The molecule has 0 saturated heterocycles. The molecular weight excluding hydrogens is 197 g/mol. The molecule has 0 aliphatic carbocycles. The smallest absolute Gasteiger partial charge is 0.141 e. The number of nitrogens with two attached hydrogens (primary N) is 1. The van der Waals surface area contributed by atoms with Gasteiger partial charge in [0.25, 0.3) is 0 Å². The number of fused-ring (bicyclic) bond motifs is 1. The lowest BCUT2D eigenvalue weighted by Gasteiger charge is -1.90. The maximum atomic E-state index is 5.66. The predicted octanol–water partition coefficient (Wildman–Crippen LogP) is 2.22. The standard InChI is InChI=1S/C7H6ClN3.ClH/c8-6-2-1-4-5(9)3-10-7(4)11-6;/h1-3H,9H2,(H,10,11);1H. The largest absolute Gasteiger partial charge is 0.397 e. The highest BCUT2D eigenvalue weighted by Gasteiger charge is 2.00. The van der Waals surface area contributed by atoms with Crippen LogP contribution in [0.3, 0.4) is 0 Å². The number of aromatic nitrogens is 2. The summed E-state index contributed by atoms with van der Waals surface area (Å²) in [6, 6.07) is 3.56. The fourth-order valence-electron chi connectivity index (χ4n) is 1.00. The van der Waals surface area contributed by atoms with E-state index in [2.05, 4.69) is 9.97 Å². The Hall–Kier alpha value is -0.930. The van der Waals surface area contributed by atoms with Crippen molar-refractivity contribution in [2.75, 3.05) is 5.73 Å². The third-order valence-electron chi connectivity index (χ3n) is 1.54. The molecule has 0 amide bonds. The second-order valence-electron chi connectivity index (χ2n) is 2.27. The first-order valence-electron chi connectivity index (χ1n) is 3.16. The number of rotatable bonds is 0. The monoisotopic (exact) mass is 203 g/mol. The van der Waals surface area contributed by atoms with Gasteiger partial charge in [0.15, 0.2) is 0 Å². The van der Waals surface area contributed by atoms with E-state index in [1.807, 2.05) is 6.07 Å². The average molecular weight is 204 g/mol. The summed E-state index contributed by atoms with van der Waals surface area (Å²) in [5.74, 6) is 0. The molecule has 0 bridgehead atoms. The number of anilines is 1. The molecule has 0 unspecified atom stereocenters. The molecule has 0 spiro atoms. The number of nitrogen functional groups attached to an aromatic ring is 1. The molecule has 0 saturated carbocycles. The number of hydrogen-bond acceptors (Lipinski definition) is 2. The first kappa shape index (κ1) is 9.16. The van der Waals surface area contributed by atoms with Gasteiger partial charge in [-0.2, -0.15) is 0 Å². The number of aromatic amines is 1. The summed E-state index contributed by atoms with van der Waals surface area (Å²) in [7, 11) is 0. The Morgan fingerprint density at radius 3 is 2.92 bits per heavy atom. The quantitative estimate of drug-likeness (QED) is 0.646. The first-order chi connectivity index (χ1) is 5.27. The predicted molar refractivity (Wildman–Crippen MR) is 52.8 cm³/mol. The normalized spacial score (nSPS) is 9.75. The van der Waals surface area contributed by atoms with E-state index in [9.17, 15) is 0 Å². The van der Waals surface area contributed by atoms with Gasteiger partial charge in [-0.25, -0.2) is 4.98 Å². The van der Waals surface area contributed by atoms with Gasteiger partial charge in [0, 0.05) is 11.6 Å². The Bertz CT molecular complexity index is 396. The molecular formula is C7H7Cl2N3. The maximum absolute atomic E-state index is 5.66. The lowest BCUT2D eigenvalue weighted by molar-refractivity contribution is 1.33. The topological polar surface area (TPSA) is 54.7 Å². The molecule has 0 fully saturated rings. The van der Waals surface area contributed by atoms with Gasteiger partial charge in [0.2, 0.25) is 0 Å². The van der Waals surface area contributed by atoms with Crippen LogP contribution in [0.5, 0.6) is 0 Å². The maximum Gasteiger partial charge on any atom is 0.141 e. The number of nitrogens with one attached hydrogen (secondary N) is 1. The molecule has 3 N–H and O–H groups in total. The third kappa shape index (κ3) is 1.33. The fourth-order valence-corrected chi connectivity index (χ4v) is 1.15. The number of pyridine rings is 1. The van der Waals surface area contributed by atoms with E-state index in [-0.39, 0.29) is 12.4 Å². The van der Waals surface area contributed by atoms with Crippen LogP contribution in [0, 0.1) is 0 Å². The van der Waals surface area contributed by atoms with Gasteiger partial charge in [-0.15, -0.1) is 12.4 Å². The molecule has 2 aromatic rings. The number of H-pyrrole nitrogens is 1. The summed E-state index contributed by atoms with van der Waals surface area (Å²) in [5, 5.41) is 1.38. The first-order valence-corrected chi connectivity index (χ1v) is 3.54. The molecule has 0 atom stereocenters. The minimum Gasteiger partial charge on any atom is -0.397 e. The van der Waals surface area contributed by atoms with Crippen LogP contribution in [0.1, 0.15) is 0 Å². The molecule has 2 aromatic heterocycles. The minimum absolute atomic E-state index is 0. The van der Waals surface area contributed by atoms with Crippen LogP contribution in [-0.4, -0.2) is 9.97 Å².